The maximum atomic E-state index is 14.1. The third-order valence-electron chi connectivity index (χ3n) is 5.91. The van der Waals surface area contributed by atoms with Crippen molar-refractivity contribution < 1.29 is 23.8 Å². The van der Waals surface area contributed by atoms with E-state index in [-0.39, 0.29) is 31.1 Å². The van der Waals surface area contributed by atoms with Gasteiger partial charge in [-0.1, -0.05) is 0 Å². The fourth-order valence-electron chi connectivity index (χ4n) is 3.92. The third-order valence-corrected chi connectivity index (χ3v) is 5.91. The zero-order chi connectivity index (χ0) is 22.0. The number of aliphatic hydroxyl groups excluding tert-OH is 1. The molecule has 7 nitrogen and oxygen atoms in total. The van der Waals surface area contributed by atoms with Gasteiger partial charge >= 0.3 is 0 Å². The van der Waals surface area contributed by atoms with E-state index in [1.807, 2.05) is 0 Å². The van der Waals surface area contributed by atoms with Crippen molar-refractivity contribution in [3.05, 3.63) is 52.7 Å². The fourth-order valence-corrected chi connectivity index (χ4v) is 3.92. The average Bonchev–Trinajstić information content (AvgIpc) is 2.74. The van der Waals surface area contributed by atoms with Crippen LogP contribution in [0.25, 0.3) is 0 Å². The summed E-state index contributed by atoms with van der Waals surface area (Å²) in [6.45, 7) is 0.891. The number of aromatic nitrogens is 1. The Bertz CT molecular complexity index is 968. The number of nitrogens with one attached hydrogen (secondary N) is 2. The summed E-state index contributed by atoms with van der Waals surface area (Å²) >= 11 is 0. The SMILES string of the molecule is O=C(NC[C@H](O)CN1CCc2cc(O)c(F)c(F)c2C1)c1ccnc(NC2CCC2)c1. The number of fused-ring (bicyclic) bond motifs is 1. The lowest BCUT2D eigenvalue weighted by molar-refractivity contribution is 0.0839. The number of pyridine rings is 1. The zero-order valence-electron chi connectivity index (χ0n) is 17.1. The maximum absolute atomic E-state index is 14.1. The molecule has 4 N–H and O–H groups in total. The van der Waals surface area contributed by atoms with Gasteiger partial charge in [0.1, 0.15) is 5.82 Å². The number of hydrogen-bond acceptors (Lipinski definition) is 6. The van der Waals surface area contributed by atoms with Gasteiger partial charge < -0.3 is 20.8 Å². The molecule has 0 unspecified atom stereocenters. The summed E-state index contributed by atoms with van der Waals surface area (Å²) in [6.07, 6.45) is 4.54. The summed E-state index contributed by atoms with van der Waals surface area (Å²) in [7, 11) is 0. The maximum Gasteiger partial charge on any atom is 0.251 e. The Morgan fingerprint density at radius 3 is 2.84 bits per heavy atom. The molecule has 0 bridgehead atoms. The Morgan fingerprint density at radius 1 is 1.29 bits per heavy atom. The number of hydrogen-bond donors (Lipinski definition) is 4. The molecule has 1 amide bonds. The predicted molar refractivity (Wildman–Crippen MR) is 111 cm³/mol. The van der Waals surface area contributed by atoms with Gasteiger partial charge in [0.05, 0.1) is 6.10 Å². The quantitative estimate of drug-likeness (QED) is 0.536. The van der Waals surface area contributed by atoms with Crippen LogP contribution in [0.2, 0.25) is 0 Å². The highest BCUT2D eigenvalue weighted by Gasteiger charge is 2.25. The lowest BCUT2D eigenvalue weighted by Gasteiger charge is -2.30. The number of benzene rings is 1. The molecule has 2 aliphatic rings. The first kappa shape index (κ1) is 21.5. The van der Waals surface area contributed by atoms with Crippen LogP contribution in [0.5, 0.6) is 5.75 Å². The molecular formula is C22H26F2N4O3. The smallest absolute Gasteiger partial charge is 0.251 e. The minimum atomic E-state index is -1.25. The van der Waals surface area contributed by atoms with Crippen LogP contribution < -0.4 is 10.6 Å². The van der Waals surface area contributed by atoms with E-state index in [9.17, 15) is 23.8 Å². The molecule has 1 atom stereocenters. The van der Waals surface area contributed by atoms with Gasteiger partial charge in [-0.2, -0.15) is 4.39 Å². The van der Waals surface area contributed by atoms with Gasteiger partial charge in [-0.15, -0.1) is 0 Å². The molecule has 1 fully saturated rings. The number of nitrogens with zero attached hydrogens (tertiary/aromatic N) is 2. The molecule has 9 heteroatoms. The first-order valence-electron chi connectivity index (χ1n) is 10.5. The van der Waals surface area contributed by atoms with Crippen molar-refractivity contribution >= 4 is 11.7 Å². The summed E-state index contributed by atoms with van der Waals surface area (Å²) < 4.78 is 27.8. The lowest BCUT2D eigenvalue weighted by atomic mass is 9.93. The monoisotopic (exact) mass is 432 g/mol. The summed E-state index contributed by atoms with van der Waals surface area (Å²) in [6, 6.07) is 4.96. The van der Waals surface area contributed by atoms with E-state index in [1.54, 1.807) is 23.2 Å². The number of phenolic OH excluding ortho intramolecular Hbond substituents is 1. The molecule has 166 valence electrons. The summed E-state index contributed by atoms with van der Waals surface area (Å²) in [5, 5.41) is 25.8. The first-order chi connectivity index (χ1) is 14.9. The number of carbonyl (C=O) groups excluding carboxylic acids is 1. The van der Waals surface area contributed by atoms with Crippen molar-refractivity contribution in [2.75, 3.05) is 25.0 Å². The van der Waals surface area contributed by atoms with Crippen LogP contribution in [0.15, 0.2) is 24.4 Å². The van der Waals surface area contributed by atoms with Crippen LogP contribution in [-0.2, 0) is 13.0 Å². The number of aromatic hydroxyl groups is 1. The van der Waals surface area contributed by atoms with Crippen molar-refractivity contribution in [2.24, 2.45) is 0 Å². The normalized spacial score (nSPS) is 17.5. The first-order valence-corrected chi connectivity index (χ1v) is 10.5. The van der Waals surface area contributed by atoms with Crippen molar-refractivity contribution in [1.29, 1.82) is 0 Å². The van der Waals surface area contributed by atoms with Crippen molar-refractivity contribution in [3.63, 3.8) is 0 Å². The molecule has 1 aliphatic carbocycles. The molecule has 1 aromatic heterocycles. The number of amides is 1. The molecule has 0 saturated heterocycles. The van der Waals surface area contributed by atoms with Gasteiger partial charge in [0.15, 0.2) is 11.6 Å². The van der Waals surface area contributed by atoms with Gasteiger partial charge in [-0.3, -0.25) is 9.69 Å². The van der Waals surface area contributed by atoms with E-state index in [0.717, 1.165) is 12.8 Å². The van der Waals surface area contributed by atoms with E-state index < -0.39 is 23.5 Å². The van der Waals surface area contributed by atoms with Gasteiger partial charge in [-0.25, -0.2) is 9.37 Å². The second kappa shape index (κ2) is 9.15. The van der Waals surface area contributed by atoms with Crippen LogP contribution in [0.3, 0.4) is 0 Å². The average molecular weight is 432 g/mol. The molecule has 1 aliphatic heterocycles. The number of phenols is 1. The molecular weight excluding hydrogens is 406 g/mol. The Morgan fingerprint density at radius 2 is 2.10 bits per heavy atom. The molecule has 2 aromatic rings. The molecule has 0 spiro atoms. The van der Waals surface area contributed by atoms with Crippen LogP contribution in [0.1, 0.15) is 40.7 Å². The molecule has 2 heterocycles. The number of anilines is 1. The summed E-state index contributed by atoms with van der Waals surface area (Å²) in [4.78, 5) is 18.5. The number of aliphatic hydroxyl groups is 1. The Kier molecular flexibility index (Phi) is 6.33. The third kappa shape index (κ3) is 4.94. The van der Waals surface area contributed by atoms with E-state index in [2.05, 4.69) is 15.6 Å². The second-order valence-corrected chi connectivity index (χ2v) is 8.21. The van der Waals surface area contributed by atoms with Gasteiger partial charge in [0.25, 0.3) is 5.91 Å². The molecule has 0 radical (unpaired) electrons. The minimum absolute atomic E-state index is 0.0301. The van der Waals surface area contributed by atoms with Crippen molar-refractivity contribution in [1.82, 2.24) is 15.2 Å². The summed E-state index contributed by atoms with van der Waals surface area (Å²) in [5.41, 5.74) is 1.22. The summed E-state index contributed by atoms with van der Waals surface area (Å²) in [5.74, 6) is -2.64. The van der Waals surface area contributed by atoms with Gasteiger partial charge in [0, 0.05) is 49.5 Å². The topological polar surface area (TPSA) is 97.7 Å². The van der Waals surface area contributed by atoms with Crippen molar-refractivity contribution in [3.8, 4) is 5.75 Å². The number of β-amino-alcohol motifs (C(OH)–C–C–N with tert-alkyl or cyclic N) is 1. The molecule has 1 saturated carbocycles. The zero-order valence-corrected chi connectivity index (χ0v) is 17.1. The van der Waals surface area contributed by atoms with Crippen LogP contribution in [0, 0.1) is 11.6 Å². The Balaban J connectivity index is 1.28. The number of halogens is 2. The minimum Gasteiger partial charge on any atom is -0.505 e. The second-order valence-electron chi connectivity index (χ2n) is 8.21. The van der Waals surface area contributed by atoms with E-state index in [0.29, 0.717) is 36.0 Å². The van der Waals surface area contributed by atoms with Crippen LogP contribution in [0.4, 0.5) is 14.6 Å². The number of rotatable bonds is 7. The van der Waals surface area contributed by atoms with Gasteiger partial charge in [-0.05, 0) is 49.4 Å². The van der Waals surface area contributed by atoms with E-state index in [1.165, 1.54) is 12.5 Å². The standard InChI is InChI=1S/C22H26F2N4O3/c23-20-17-12-28(7-5-13(17)8-18(30)21(20)24)11-16(29)10-26-22(31)14-4-6-25-19(9-14)27-15-2-1-3-15/h4,6,8-9,15-16,29-30H,1-3,5,7,10-12H2,(H,25,27)(H,26,31)/t16-/m0/s1. The highest BCUT2D eigenvalue weighted by atomic mass is 19.2. The van der Waals surface area contributed by atoms with E-state index >= 15 is 0 Å². The largest absolute Gasteiger partial charge is 0.505 e. The molecule has 31 heavy (non-hydrogen) atoms. The van der Waals surface area contributed by atoms with E-state index in [4.69, 9.17) is 0 Å². The van der Waals surface area contributed by atoms with Crippen molar-refractivity contribution in [2.45, 2.75) is 44.4 Å². The molecule has 1 aromatic carbocycles. The lowest BCUT2D eigenvalue weighted by Crippen LogP contribution is -2.42. The Hall–Kier alpha value is -2.78. The van der Waals surface area contributed by atoms with Crippen LogP contribution in [-0.4, -0.2) is 57.8 Å². The highest BCUT2D eigenvalue weighted by molar-refractivity contribution is 5.94. The Labute approximate surface area is 179 Å². The van der Waals surface area contributed by atoms with Crippen LogP contribution >= 0.6 is 0 Å². The highest BCUT2D eigenvalue weighted by Crippen LogP contribution is 2.29. The van der Waals surface area contributed by atoms with Gasteiger partial charge in [0.2, 0.25) is 5.82 Å². The predicted octanol–water partition coefficient (Wildman–Crippen LogP) is 2.18. The molecule has 4 rings (SSSR count). The fraction of sp³-hybridized carbons (Fsp3) is 0.455. The number of carbonyl (C=O) groups is 1.